The minimum absolute atomic E-state index is 0.0366. The van der Waals surface area contributed by atoms with Crippen molar-refractivity contribution in [1.29, 1.82) is 5.41 Å². The Kier molecular flexibility index (Phi) is 5.03. The second-order valence-corrected chi connectivity index (χ2v) is 5.68. The molecular weight excluding hydrogens is 298 g/mol. The molecule has 0 aliphatic carbocycles. The van der Waals surface area contributed by atoms with Gasteiger partial charge in [0.1, 0.15) is 0 Å². The van der Waals surface area contributed by atoms with Gasteiger partial charge in [-0.1, -0.05) is 18.7 Å². The van der Waals surface area contributed by atoms with Crippen LogP contribution in [0, 0.1) is 11.3 Å². The fraction of sp³-hybridized carbons (Fsp3) is 0.353. The van der Waals surface area contributed by atoms with Gasteiger partial charge in [-0.05, 0) is 31.6 Å². The van der Waals surface area contributed by atoms with Gasteiger partial charge in [0.15, 0.2) is 0 Å². The maximum Gasteiger partial charge on any atom is 0.270 e. The number of alkyl halides is 2. The topological polar surface area (TPSA) is 60.6 Å². The molecule has 1 aromatic carbocycles. The smallest absolute Gasteiger partial charge is 0.270 e. The quantitative estimate of drug-likeness (QED) is 0.783. The van der Waals surface area contributed by atoms with Gasteiger partial charge in [0.05, 0.1) is 6.54 Å². The summed E-state index contributed by atoms with van der Waals surface area (Å²) in [6.45, 7) is 6.90. The Labute approximate surface area is 134 Å². The lowest BCUT2D eigenvalue weighted by Crippen LogP contribution is -2.27. The SMILES string of the molecule is C=CC1=NC(Nc2ccc(C(C)(F)F)cc2)=NCC1CC(C)=N. The third kappa shape index (κ3) is 4.55. The van der Waals surface area contributed by atoms with Crippen molar-refractivity contribution in [3.8, 4) is 0 Å². The van der Waals surface area contributed by atoms with Crippen molar-refractivity contribution in [2.24, 2.45) is 15.9 Å². The summed E-state index contributed by atoms with van der Waals surface area (Å²) < 4.78 is 26.4. The molecule has 0 radical (unpaired) electrons. The van der Waals surface area contributed by atoms with E-state index in [1.807, 2.05) is 0 Å². The average Bonchev–Trinajstić information content (AvgIpc) is 2.48. The van der Waals surface area contributed by atoms with Gasteiger partial charge in [0.25, 0.3) is 5.92 Å². The Morgan fingerprint density at radius 3 is 2.61 bits per heavy atom. The van der Waals surface area contributed by atoms with Gasteiger partial charge < -0.3 is 10.7 Å². The van der Waals surface area contributed by atoms with Gasteiger partial charge in [0.2, 0.25) is 5.96 Å². The van der Waals surface area contributed by atoms with Crippen molar-refractivity contribution >= 4 is 23.1 Å². The first-order valence-corrected chi connectivity index (χ1v) is 7.34. The molecule has 2 N–H and O–H groups in total. The highest BCUT2D eigenvalue weighted by Crippen LogP contribution is 2.27. The Bertz CT molecular complexity index is 654. The number of nitrogens with zero attached hydrogens (tertiary/aromatic N) is 2. The number of anilines is 1. The van der Waals surface area contributed by atoms with E-state index in [9.17, 15) is 8.78 Å². The van der Waals surface area contributed by atoms with Crippen LogP contribution in [0.2, 0.25) is 0 Å². The van der Waals surface area contributed by atoms with Crippen molar-refractivity contribution in [3.05, 3.63) is 42.5 Å². The first-order valence-electron chi connectivity index (χ1n) is 7.34. The van der Waals surface area contributed by atoms with Crippen molar-refractivity contribution in [3.63, 3.8) is 0 Å². The van der Waals surface area contributed by atoms with E-state index >= 15 is 0 Å². The minimum Gasteiger partial charge on any atom is -0.324 e. The molecule has 1 atom stereocenters. The zero-order valence-corrected chi connectivity index (χ0v) is 13.2. The van der Waals surface area contributed by atoms with Gasteiger partial charge in [-0.25, -0.2) is 13.8 Å². The normalized spacial score (nSPS) is 18.0. The van der Waals surface area contributed by atoms with Crippen LogP contribution in [0.3, 0.4) is 0 Å². The number of rotatable bonds is 5. The van der Waals surface area contributed by atoms with Gasteiger partial charge >= 0.3 is 0 Å². The summed E-state index contributed by atoms with van der Waals surface area (Å²) in [5.74, 6) is -2.36. The van der Waals surface area contributed by atoms with Crippen LogP contribution in [0.15, 0.2) is 46.9 Å². The monoisotopic (exact) mass is 318 g/mol. The van der Waals surface area contributed by atoms with Crippen LogP contribution in [0.1, 0.15) is 25.8 Å². The third-order valence-electron chi connectivity index (χ3n) is 3.52. The summed E-state index contributed by atoms with van der Waals surface area (Å²) >= 11 is 0. The second-order valence-electron chi connectivity index (χ2n) is 5.68. The van der Waals surface area contributed by atoms with Gasteiger partial charge in [0, 0.05) is 35.5 Å². The molecule has 1 heterocycles. The fourth-order valence-corrected chi connectivity index (χ4v) is 2.33. The number of nitrogens with one attached hydrogen (secondary N) is 2. The molecule has 122 valence electrons. The predicted octanol–water partition coefficient (Wildman–Crippen LogP) is 4.25. The van der Waals surface area contributed by atoms with Gasteiger partial charge in [-0.15, -0.1) is 0 Å². The number of aliphatic imine (C=N–C) groups is 2. The number of halogens is 2. The van der Waals surface area contributed by atoms with E-state index in [4.69, 9.17) is 5.41 Å². The first-order chi connectivity index (χ1) is 10.8. The standard InChI is InChI=1S/C17H20F2N4/c1-4-15-12(9-11(2)20)10-21-16(23-15)22-14-7-5-13(6-8-14)17(3,18)19/h4-8,12,20H,1,9-10H2,2-3H3,(H,21,22). The molecule has 1 aliphatic rings. The molecule has 0 fully saturated rings. The Morgan fingerprint density at radius 2 is 2.09 bits per heavy atom. The first kappa shape index (κ1) is 17.0. The number of hydrogen-bond acceptors (Lipinski definition) is 4. The summed E-state index contributed by atoms with van der Waals surface area (Å²) in [5.41, 5.74) is 1.97. The van der Waals surface area contributed by atoms with Crippen molar-refractivity contribution in [2.45, 2.75) is 26.2 Å². The van der Waals surface area contributed by atoms with E-state index in [1.54, 1.807) is 25.1 Å². The van der Waals surface area contributed by atoms with Gasteiger partial charge in [-0.2, -0.15) is 0 Å². The van der Waals surface area contributed by atoms with Crippen molar-refractivity contribution < 1.29 is 8.78 Å². The number of benzene rings is 1. The molecule has 0 spiro atoms. The van der Waals surface area contributed by atoms with Crippen LogP contribution in [0.4, 0.5) is 14.5 Å². The molecular formula is C17H20F2N4. The van der Waals surface area contributed by atoms with Crippen molar-refractivity contribution in [2.75, 3.05) is 11.9 Å². The molecule has 0 saturated heterocycles. The van der Waals surface area contributed by atoms with E-state index in [1.165, 1.54) is 12.1 Å². The summed E-state index contributed by atoms with van der Waals surface area (Å²) in [4.78, 5) is 8.75. The largest absolute Gasteiger partial charge is 0.324 e. The third-order valence-corrected chi connectivity index (χ3v) is 3.52. The second kappa shape index (κ2) is 6.81. The summed E-state index contributed by atoms with van der Waals surface area (Å²) in [6, 6.07) is 5.91. The highest BCUT2D eigenvalue weighted by molar-refractivity contribution is 6.10. The molecule has 0 saturated carbocycles. The van der Waals surface area contributed by atoms with E-state index in [-0.39, 0.29) is 11.5 Å². The minimum atomic E-state index is -2.85. The van der Waals surface area contributed by atoms with E-state index in [0.717, 1.165) is 12.6 Å². The average molecular weight is 318 g/mol. The van der Waals surface area contributed by atoms with Crippen LogP contribution in [0.25, 0.3) is 0 Å². The Hall–Kier alpha value is -2.37. The predicted molar refractivity (Wildman–Crippen MR) is 91.1 cm³/mol. The van der Waals surface area contributed by atoms with Crippen LogP contribution in [-0.2, 0) is 5.92 Å². The van der Waals surface area contributed by atoms with Gasteiger partial charge in [-0.3, -0.25) is 4.99 Å². The number of hydrogen-bond donors (Lipinski definition) is 2. The molecule has 1 unspecified atom stereocenters. The lowest BCUT2D eigenvalue weighted by molar-refractivity contribution is 0.0175. The maximum absolute atomic E-state index is 13.2. The van der Waals surface area contributed by atoms with E-state index in [0.29, 0.717) is 30.3 Å². The van der Waals surface area contributed by atoms with E-state index in [2.05, 4.69) is 21.9 Å². The maximum atomic E-state index is 13.2. The highest BCUT2D eigenvalue weighted by atomic mass is 19.3. The number of allylic oxidation sites excluding steroid dienone is 1. The zero-order chi connectivity index (χ0) is 17.0. The zero-order valence-electron chi connectivity index (χ0n) is 13.2. The van der Waals surface area contributed by atoms with Crippen LogP contribution < -0.4 is 5.32 Å². The summed E-state index contributed by atoms with van der Waals surface area (Å²) in [5, 5.41) is 10.6. The lowest BCUT2D eigenvalue weighted by atomic mass is 9.96. The molecule has 4 nitrogen and oxygen atoms in total. The molecule has 0 amide bonds. The lowest BCUT2D eigenvalue weighted by Gasteiger charge is -2.20. The Morgan fingerprint density at radius 1 is 1.43 bits per heavy atom. The van der Waals surface area contributed by atoms with Crippen LogP contribution in [0.5, 0.6) is 0 Å². The molecule has 1 aliphatic heterocycles. The van der Waals surface area contributed by atoms with Crippen LogP contribution >= 0.6 is 0 Å². The fourth-order valence-electron chi connectivity index (χ4n) is 2.33. The highest BCUT2D eigenvalue weighted by Gasteiger charge is 2.24. The molecule has 0 bridgehead atoms. The molecule has 23 heavy (non-hydrogen) atoms. The summed E-state index contributed by atoms with van der Waals surface area (Å²) in [6.07, 6.45) is 2.27. The molecule has 0 aromatic heterocycles. The molecule has 2 rings (SSSR count). The van der Waals surface area contributed by atoms with Crippen LogP contribution in [-0.4, -0.2) is 23.9 Å². The Balaban J connectivity index is 2.09. The number of guanidine groups is 1. The molecule has 6 heteroatoms. The molecule has 1 aromatic rings. The van der Waals surface area contributed by atoms with Crippen molar-refractivity contribution in [1.82, 2.24) is 0 Å². The van der Waals surface area contributed by atoms with E-state index < -0.39 is 5.92 Å². The summed E-state index contributed by atoms with van der Waals surface area (Å²) in [7, 11) is 0.